The third kappa shape index (κ3) is 4.73. The number of hydrogen-bond donors (Lipinski definition) is 0. The summed E-state index contributed by atoms with van der Waals surface area (Å²) in [7, 11) is 0. The summed E-state index contributed by atoms with van der Waals surface area (Å²) in [5.41, 5.74) is 3.22. The van der Waals surface area contributed by atoms with E-state index in [0.29, 0.717) is 25.1 Å². The topological polar surface area (TPSA) is 57.6 Å². The number of carbonyl (C=O) groups excluding carboxylic acids is 1. The number of benzene rings is 2. The first kappa shape index (κ1) is 22.7. The third-order valence-electron chi connectivity index (χ3n) is 6.56. The monoisotopic (exact) mass is 466 g/mol. The molecule has 5 rings (SSSR count). The number of anilines is 2. The van der Waals surface area contributed by atoms with Crippen LogP contribution in [0.5, 0.6) is 5.75 Å². The van der Waals surface area contributed by atoms with E-state index in [9.17, 15) is 9.18 Å². The molecule has 7 nitrogen and oxygen atoms in total. The maximum Gasteiger partial charge on any atom is 0.276 e. The van der Waals surface area contributed by atoms with Crippen LogP contribution in [-0.2, 0) is 16.1 Å². The first-order valence-corrected chi connectivity index (χ1v) is 12.0. The van der Waals surface area contributed by atoms with Crippen molar-refractivity contribution in [1.29, 1.82) is 0 Å². The zero-order chi connectivity index (χ0) is 23.7. The van der Waals surface area contributed by atoms with Gasteiger partial charge >= 0.3 is 0 Å². The van der Waals surface area contributed by atoms with Crippen molar-refractivity contribution >= 4 is 23.0 Å². The molecule has 1 fully saturated rings. The van der Waals surface area contributed by atoms with Crippen LogP contribution in [0.15, 0.2) is 47.6 Å². The highest BCUT2D eigenvalue weighted by atomic mass is 19.1. The highest BCUT2D eigenvalue weighted by Gasteiger charge is 2.34. The SMILES string of the molecule is CC(C)Oc1ccccc1N1CCN(CC2CC(C(=O)N3CCc4cc(F)ccc43)=NO2)CC1. The molecule has 0 saturated carbocycles. The molecule has 2 aromatic carbocycles. The molecule has 3 aliphatic heterocycles. The van der Waals surface area contributed by atoms with Crippen LogP contribution in [0.4, 0.5) is 15.8 Å². The molecule has 34 heavy (non-hydrogen) atoms. The quantitative estimate of drug-likeness (QED) is 0.653. The summed E-state index contributed by atoms with van der Waals surface area (Å²) in [6.07, 6.45) is 1.16. The van der Waals surface area contributed by atoms with Gasteiger partial charge in [-0.05, 0) is 56.2 Å². The Bertz CT molecular complexity index is 1080. The molecular weight excluding hydrogens is 435 g/mol. The van der Waals surface area contributed by atoms with Gasteiger partial charge < -0.3 is 19.4 Å². The van der Waals surface area contributed by atoms with E-state index >= 15 is 0 Å². The molecule has 180 valence electrons. The molecule has 2 aromatic rings. The van der Waals surface area contributed by atoms with Crippen molar-refractivity contribution in [3.63, 3.8) is 0 Å². The van der Waals surface area contributed by atoms with Crippen molar-refractivity contribution in [3.05, 3.63) is 53.8 Å². The molecule has 3 aliphatic rings. The van der Waals surface area contributed by atoms with Crippen LogP contribution in [0.3, 0.4) is 0 Å². The number of para-hydroxylation sites is 2. The summed E-state index contributed by atoms with van der Waals surface area (Å²) in [6.45, 7) is 8.98. The molecular formula is C26H31FN4O3. The van der Waals surface area contributed by atoms with Crippen molar-refractivity contribution < 1.29 is 18.8 Å². The van der Waals surface area contributed by atoms with Gasteiger partial charge in [0.2, 0.25) is 0 Å². The second kappa shape index (κ2) is 9.62. The normalized spacial score (nSPS) is 20.4. The summed E-state index contributed by atoms with van der Waals surface area (Å²) in [5, 5.41) is 4.12. The Morgan fingerprint density at radius 1 is 1.12 bits per heavy atom. The number of carbonyl (C=O) groups is 1. The summed E-state index contributed by atoms with van der Waals surface area (Å²) in [4.78, 5) is 25.1. The Labute approximate surface area is 199 Å². The minimum atomic E-state index is -0.273. The highest BCUT2D eigenvalue weighted by Crippen LogP contribution is 2.31. The van der Waals surface area contributed by atoms with E-state index < -0.39 is 0 Å². The predicted octanol–water partition coefficient (Wildman–Crippen LogP) is 3.47. The maximum absolute atomic E-state index is 13.5. The average molecular weight is 467 g/mol. The van der Waals surface area contributed by atoms with Gasteiger partial charge in [-0.1, -0.05) is 17.3 Å². The van der Waals surface area contributed by atoms with Gasteiger partial charge in [0.15, 0.2) is 0 Å². The number of rotatable bonds is 6. The van der Waals surface area contributed by atoms with Gasteiger partial charge in [0, 0.05) is 51.4 Å². The summed E-state index contributed by atoms with van der Waals surface area (Å²) in [5.74, 6) is 0.512. The first-order chi connectivity index (χ1) is 16.5. The van der Waals surface area contributed by atoms with Crippen molar-refractivity contribution in [2.75, 3.05) is 49.1 Å². The van der Waals surface area contributed by atoms with Gasteiger partial charge in [0.05, 0.1) is 11.8 Å². The van der Waals surface area contributed by atoms with Gasteiger partial charge in [-0.3, -0.25) is 9.69 Å². The van der Waals surface area contributed by atoms with Gasteiger partial charge in [0.1, 0.15) is 23.4 Å². The fourth-order valence-corrected chi connectivity index (χ4v) is 4.92. The van der Waals surface area contributed by atoms with E-state index in [2.05, 4.69) is 21.0 Å². The molecule has 3 heterocycles. The molecule has 0 radical (unpaired) electrons. The predicted molar refractivity (Wildman–Crippen MR) is 130 cm³/mol. The smallest absolute Gasteiger partial charge is 0.276 e. The second-order valence-corrected chi connectivity index (χ2v) is 9.37. The molecule has 1 atom stereocenters. The highest BCUT2D eigenvalue weighted by molar-refractivity contribution is 6.44. The van der Waals surface area contributed by atoms with Crippen LogP contribution >= 0.6 is 0 Å². The second-order valence-electron chi connectivity index (χ2n) is 9.37. The van der Waals surface area contributed by atoms with Crippen molar-refractivity contribution in [2.24, 2.45) is 5.16 Å². The Morgan fingerprint density at radius 2 is 1.91 bits per heavy atom. The summed E-state index contributed by atoms with van der Waals surface area (Å²) >= 11 is 0. The number of oxime groups is 1. The van der Waals surface area contributed by atoms with Crippen molar-refractivity contribution in [3.8, 4) is 5.75 Å². The molecule has 1 unspecified atom stereocenters. The lowest BCUT2D eigenvalue weighted by Gasteiger charge is -2.37. The number of fused-ring (bicyclic) bond motifs is 1. The molecule has 8 heteroatoms. The molecule has 1 saturated heterocycles. The van der Waals surface area contributed by atoms with Gasteiger partial charge in [-0.15, -0.1) is 0 Å². The van der Waals surface area contributed by atoms with E-state index in [4.69, 9.17) is 9.57 Å². The lowest BCUT2D eigenvalue weighted by molar-refractivity contribution is -0.112. The minimum Gasteiger partial charge on any atom is -0.489 e. The van der Waals surface area contributed by atoms with E-state index in [1.54, 1.807) is 11.0 Å². The first-order valence-electron chi connectivity index (χ1n) is 12.0. The fraction of sp³-hybridized carbons (Fsp3) is 0.462. The minimum absolute atomic E-state index is 0.127. The van der Waals surface area contributed by atoms with Gasteiger partial charge in [0.25, 0.3) is 5.91 Å². The molecule has 0 aliphatic carbocycles. The number of piperazine rings is 1. The van der Waals surface area contributed by atoms with E-state index in [1.807, 2.05) is 32.0 Å². The van der Waals surface area contributed by atoms with Crippen molar-refractivity contribution in [1.82, 2.24) is 4.90 Å². The number of nitrogens with zero attached hydrogens (tertiary/aromatic N) is 4. The summed E-state index contributed by atoms with van der Waals surface area (Å²) < 4.78 is 19.5. The van der Waals surface area contributed by atoms with Crippen LogP contribution in [0.25, 0.3) is 0 Å². The van der Waals surface area contributed by atoms with E-state index in [1.165, 1.54) is 12.1 Å². The number of amides is 1. The van der Waals surface area contributed by atoms with Crippen LogP contribution in [0.2, 0.25) is 0 Å². The summed E-state index contributed by atoms with van der Waals surface area (Å²) in [6, 6.07) is 12.8. The van der Waals surface area contributed by atoms with Crippen LogP contribution in [0, 0.1) is 5.82 Å². The van der Waals surface area contributed by atoms with Crippen LogP contribution in [-0.4, -0.2) is 68.0 Å². The Morgan fingerprint density at radius 3 is 2.71 bits per heavy atom. The molecule has 0 bridgehead atoms. The van der Waals surface area contributed by atoms with Crippen molar-refractivity contribution in [2.45, 2.75) is 38.9 Å². The largest absolute Gasteiger partial charge is 0.489 e. The zero-order valence-electron chi connectivity index (χ0n) is 19.7. The maximum atomic E-state index is 13.5. The van der Waals surface area contributed by atoms with Gasteiger partial charge in [-0.2, -0.15) is 0 Å². The molecule has 0 aromatic heterocycles. The Hall–Kier alpha value is -3.13. The Balaban J connectivity index is 1.13. The van der Waals surface area contributed by atoms with E-state index in [0.717, 1.165) is 55.4 Å². The molecule has 0 N–H and O–H groups in total. The molecule has 1 amide bonds. The van der Waals surface area contributed by atoms with E-state index in [-0.39, 0.29) is 23.9 Å². The standard InChI is InChI=1S/C26H31FN4O3/c1-18(2)33-25-6-4-3-5-24(25)30-13-11-29(12-14-30)17-21-16-22(28-34-21)26(32)31-10-9-19-15-20(27)7-8-23(19)31/h3-8,15,18,21H,9-14,16-17H2,1-2H3. The Kier molecular flexibility index (Phi) is 6.41. The number of ether oxygens (including phenoxy) is 1. The third-order valence-corrected chi connectivity index (χ3v) is 6.56. The zero-order valence-corrected chi connectivity index (χ0v) is 19.7. The van der Waals surface area contributed by atoms with Gasteiger partial charge in [-0.25, -0.2) is 4.39 Å². The molecule has 0 spiro atoms. The average Bonchev–Trinajstić information content (AvgIpc) is 3.46. The van der Waals surface area contributed by atoms with Crippen LogP contribution < -0.4 is 14.5 Å². The fourth-order valence-electron chi connectivity index (χ4n) is 4.92. The number of hydrogen-bond acceptors (Lipinski definition) is 6. The lowest BCUT2D eigenvalue weighted by atomic mass is 10.1. The van der Waals surface area contributed by atoms with Crippen LogP contribution in [0.1, 0.15) is 25.8 Å². The number of halogens is 1. The lowest BCUT2D eigenvalue weighted by Crippen LogP contribution is -2.48.